The van der Waals surface area contributed by atoms with Crippen molar-refractivity contribution in [1.82, 2.24) is 10.2 Å². The maximum absolute atomic E-state index is 10.5. The van der Waals surface area contributed by atoms with E-state index in [-0.39, 0.29) is 6.42 Å². The van der Waals surface area contributed by atoms with Gasteiger partial charge in [0.2, 0.25) is 0 Å². The number of ether oxygens (including phenoxy) is 1. The highest BCUT2D eigenvalue weighted by atomic mass is 16.5. The van der Waals surface area contributed by atoms with Gasteiger partial charge in [-0.05, 0) is 41.2 Å². The normalized spacial score (nSPS) is 11.0. The Morgan fingerprint density at radius 1 is 1.33 bits per heavy atom. The van der Waals surface area contributed by atoms with Gasteiger partial charge in [-0.1, -0.05) is 19.9 Å². The monoisotopic (exact) mass is 331 g/mol. The molecule has 1 aromatic heterocycles. The van der Waals surface area contributed by atoms with Crippen LogP contribution in [0.25, 0.3) is 0 Å². The number of aliphatic carboxylic acids is 1. The summed E-state index contributed by atoms with van der Waals surface area (Å²) in [7, 11) is 0. The molecule has 1 aromatic carbocycles. The number of nitrogens with two attached hydrogens (primary N) is 1. The minimum Gasteiger partial charge on any atom is -0.494 e. The summed E-state index contributed by atoms with van der Waals surface area (Å²) >= 11 is 0. The molecule has 0 aliphatic heterocycles. The summed E-state index contributed by atoms with van der Waals surface area (Å²) in [5, 5.41) is 15.8. The molecule has 0 unspecified atom stereocenters. The van der Waals surface area contributed by atoms with Gasteiger partial charge in [-0.15, -0.1) is 0 Å². The molecule has 0 fully saturated rings. The van der Waals surface area contributed by atoms with Crippen molar-refractivity contribution in [3.05, 3.63) is 46.8 Å². The fourth-order valence-electron chi connectivity index (χ4n) is 2.63. The van der Waals surface area contributed by atoms with E-state index in [1.165, 1.54) is 5.56 Å². The number of hydrogen-bond donors (Lipinski definition) is 3. The summed E-state index contributed by atoms with van der Waals surface area (Å²) in [4.78, 5) is 10.5. The molecule has 0 amide bonds. The third-order valence-corrected chi connectivity index (χ3v) is 3.91. The van der Waals surface area contributed by atoms with Gasteiger partial charge in [-0.25, -0.2) is 0 Å². The molecule has 0 aliphatic carbocycles. The van der Waals surface area contributed by atoms with E-state index in [9.17, 15) is 4.79 Å². The molecule has 0 spiro atoms. The number of aromatic nitrogens is 2. The zero-order chi connectivity index (χ0) is 17.5. The Labute approximate surface area is 142 Å². The van der Waals surface area contributed by atoms with Crippen LogP contribution in [-0.4, -0.2) is 27.9 Å². The van der Waals surface area contributed by atoms with Crippen molar-refractivity contribution in [3.63, 3.8) is 0 Å². The number of rotatable bonds is 9. The van der Waals surface area contributed by atoms with E-state index < -0.39 is 5.97 Å². The first-order chi connectivity index (χ1) is 11.5. The van der Waals surface area contributed by atoms with Crippen molar-refractivity contribution in [3.8, 4) is 5.75 Å². The highest BCUT2D eigenvalue weighted by Crippen LogP contribution is 2.24. The molecule has 6 heteroatoms. The Morgan fingerprint density at radius 3 is 2.79 bits per heavy atom. The maximum atomic E-state index is 10.5. The zero-order valence-electron chi connectivity index (χ0n) is 14.2. The standard InChI is InChI=1S/C18H25N3O3/c1-12(2)18-15(11-20-21-18)8-13-5-6-16(9-14(13)10-19)24-7-3-4-17(22)23/h5-6,9,11-12H,3-4,7-8,10,19H2,1-2H3,(H,20,21)(H,22,23). The van der Waals surface area contributed by atoms with Crippen molar-refractivity contribution >= 4 is 5.97 Å². The van der Waals surface area contributed by atoms with Crippen molar-refractivity contribution in [2.75, 3.05) is 6.61 Å². The van der Waals surface area contributed by atoms with Gasteiger partial charge in [-0.3, -0.25) is 9.89 Å². The SMILES string of the molecule is CC(C)c1[nH]ncc1Cc1ccc(OCCCC(=O)O)cc1CN. The van der Waals surface area contributed by atoms with Crippen LogP contribution in [-0.2, 0) is 17.8 Å². The number of carboxylic acid groups (broad SMARTS) is 1. The average Bonchev–Trinajstić information content (AvgIpc) is 3.01. The van der Waals surface area contributed by atoms with E-state index in [1.807, 2.05) is 24.4 Å². The largest absolute Gasteiger partial charge is 0.494 e. The first kappa shape index (κ1) is 18.0. The molecular weight excluding hydrogens is 306 g/mol. The molecule has 2 aromatic rings. The molecule has 0 saturated carbocycles. The lowest BCUT2D eigenvalue weighted by molar-refractivity contribution is -0.137. The Balaban J connectivity index is 2.06. The molecule has 24 heavy (non-hydrogen) atoms. The third-order valence-electron chi connectivity index (χ3n) is 3.91. The first-order valence-electron chi connectivity index (χ1n) is 8.19. The van der Waals surface area contributed by atoms with Crippen molar-refractivity contribution in [1.29, 1.82) is 0 Å². The predicted octanol–water partition coefficient (Wildman–Crippen LogP) is 2.83. The van der Waals surface area contributed by atoms with E-state index in [0.717, 1.165) is 29.0 Å². The van der Waals surface area contributed by atoms with Crippen LogP contribution in [0.1, 0.15) is 55.0 Å². The number of aromatic amines is 1. The van der Waals surface area contributed by atoms with Crippen molar-refractivity contribution in [2.24, 2.45) is 5.73 Å². The third kappa shape index (κ3) is 4.83. The van der Waals surface area contributed by atoms with Crippen LogP contribution in [0.5, 0.6) is 5.75 Å². The molecule has 0 radical (unpaired) electrons. The van der Waals surface area contributed by atoms with Gasteiger partial charge in [0.1, 0.15) is 5.75 Å². The number of nitrogens with one attached hydrogen (secondary N) is 1. The van der Waals surface area contributed by atoms with E-state index in [0.29, 0.717) is 25.5 Å². The van der Waals surface area contributed by atoms with Crippen LogP contribution in [0, 0.1) is 0 Å². The van der Waals surface area contributed by atoms with Gasteiger partial charge in [0.15, 0.2) is 0 Å². The van der Waals surface area contributed by atoms with Crippen LogP contribution in [0.4, 0.5) is 0 Å². The zero-order valence-corrected chi connectivity index (χ0v) is 14.2. The second-order valence-corrected chi connectivity index (χ2v) is 6.12. The fourth-order valence-corrected chi connectivity index (χ4v) is 2.63. The summed E-state index contributed by atoms with van der Waals surface area (Å²) in [6.07, 6.45) is 3.24. The quantitative estimate of drug-likeness (QED) is 0.613. The van der Waals surface area contributed by atoms with Gasteiger partial charge in [0, 0.05) is 25.1 Å². The molecule has 0 saturated heterocycles. The van der Waals surface area contributed by atoms with Crippen molar-refractivity contribution < 1.29 is 14.6 Å². The highest BCUT2D eigenvalue weighted by molar-refractivity contribution is 5.66. The molecule has 0 aliphatic rings. The van der Waals surface area contributed by atoms with Crippen LogP contribution in [0.2, 0.25) is 0 Å². The average molecular weight is 331 g/mol. The summed E-state index contributed by atoms with van der Waals surface area (Å²) in [5.74, 6) is 0.305. The topological polar surface area (TPSA) is 101 Å². The van der Waals surface area contributed by atoms with E-state index in [1.54, 1.807) is 0 Å². The summed E-state index contributed by atoms with van der Waals surface area (Å²) in [6, 6.07) is 5.86. The molecule has 4 N–H and O–H groups in total. The molecule has 0 atom stereocenters. The fraction of sp³-hybridized carbons (Fsp3) is 0.444. The molecule has 0 bridgehead atoms. The second-order valence-electron chi connectivity index (χ2n) is 6.12. The van der Waals surface area contributed by atoms with Crippen LogP contribution >= 0.6 is 0 Å². The summed E-state index contributed by atoms with van der Waals surface area (Å²) < 4.78 is 5.61. The van der Waals surface area contributed by atoms with Gasteiger partial charge in [-0.2, -0.15) is 5.10 Å². The minimum atomic E-state index is -0.808. The predicted molar refractivity (Wildman–Crippen MR) is 92.2 cm³/mol. The minimum absolute atomic E-state index is 0.111. The second kappa shape index (κ2) is 8.49. The first-order valence-corrected chi connectivity index (χ1v) is 8.19. The van der Waals surface area contributed by atoms with Gasteiger partial charge < -0.3 is 15.6 Å². The summed E-state index contributed by atoms with van der Waals surface area (Å²) in [5.41, 5.74) is 10.4. The number of H-pyrrole nitrogens is 1. The Morgan fingerprint density at radius 2 is 2.12 bits per heavy atom. The maximum Gasteiger partial charge on any atom is 0.303 e. The number of carboxylic acids is 1. The van der Waals surface area contributed by atoms with Crippen molar-refractivity contribution in [2.45, 2.75) is 45.6 Å². The van der Waals surface area contributed by atoms with Gasteiger partial charge in [0.25, 0.3) is 0 Å². The molecule has 6 nitrogen and oxygen atoms in total. The van der Waals surface area contributed by atoms with Gasteiger partial charge >= 0.3 is 5.97 Å². The Kier molecular flexibility index (Phi) is 6.37. The van der Waals surface area contributed by atoms with E-state index in [2.05, 4.69) is 24.0 Å². The van der Waals surface area contributed by atoms with Crippen LogP contribution in [0.15, 0.2) is 24.4 Å². The van der Waals surface area contributed by atoms with E-state index >= 15 is 0 Å². The number of nitrogens with zero attached hydrogens (tertiary/aromatic N) is 1. The smallest absolute Gasteiger partial charge is 0.303 e. The number of carbonyl (C=O) groups is 1. The lowest BCUT2D eigenvalue weighted by Crippen LogP contribution is -2.06. The van der Waals surface area contributed by atoms with Gasteiger partial charge in [0.05, 0.1) is 12.8 Å². The lowest BCUT2D eigenvalue weighted by Gasteiger charge is -2.12. The number of benzene rings is 1. The lowest BCUT2D eigenvalue weighted by atomic mass is 9.97. The molecule has 2 rings (SSSR count). The van der Waals surface area contributed by atoms with E-state index in [4.69, 9.17) is 15.6 Å². The Bertz CT molecular complexity index is 680. The Hall–Kier alpha value is -2.34. The summed E-state index contributed by atoms with van der Waals surface area (Å²) in [6.45, 7) is 5.08. The van der Waals surface area contributed by atoms with Crippen LogP contribution in [0.3, 0.4) is 0 Å². The highest BCUT2D eigenvalue weighted by Gasteiger charge is 2.12. The molecule has 130 valence electrons. The molecular formula is C18H25N3O3. The van der Waals surface area contributed by atoms with Crippen LogP contribution < -0.4 is 10.5 Å². The number of hydrogen-bond acceptors (Lipinski definition) is 4. The molecule has 1 heterocycles.